The molecule has 0 radical (unpaired) electrons. The number of rotatable bonds is 9. The van der Waals surface area contributed by atoms with Crippen molar-refractivity contribution in [2.75, 3.05) is 13.1 Å². The van der Waals surface area contributed by atoms with E-state index in [2.05, 4.69) is 54.9 Å². The Morgan fingerprint density at radius 1 is 1.05 bits per heavy atom. The van der Waals surface area contributed by atoms with Crippen LogP contribution in [0, 0.1) is 0 Å². The van der Waals surface area contributed by atoms with Gasteiger partial charge in [0.2, 0.25) is 0 Å². The fraction of sp³-hybridized carbons (Fsp3) is 0.611. The van der Waals surface area contributed by atoms with Crippen LogP contribution in [0.4, 0.5) is 0 Å². The number of aromatic nitrogens is 2. The van der Waals surface area contributed by atoms with Crippen LogP contribution >= 0.6 is 0 Å². The molecule has 2 rings (SSSR count). The van der Waals surface area contributed by atoms with Crippen molar-refractivity contribution in [3.05, 3.63) is 30.1 Å². The Kier molecular flexibility index (Phi) is 6.24. The Morgan fingerprint density at radius 2 is 1.71 bits per heavy atom. The minimum Gasteiger partial charge on any atom is -0.341 e. The third-order valence-electron chi connectivity index (χ3n) is 4.15. The first-order valence-corrected chi connectivity index (χ1v) is 8.48. The first kappa shape index (κ1) is 16.0. The second-order valence-electron chi connectivity index (χ2n) is 5.81. The van der Waals surface area contributed by atoms with Gasteiger partial charge >= 0.3 is 0 Å². The summed E-state index contributed by atoms with van der Waals surface area (Å²) in [6.07, 6.45) is 6.13. The van der Waals surface area contributed by atoms with Gasteiger partial charge in [-0.1, -0.05) is 45.7 Å². The highest BCUT2D eigenvalue weighted by Gasteiger charge is 2.21. The van der Waals surface area contributed by atoms with Gasteiger partial charge < -0.3 is 4.98 Å². The molecule has 1 aromatic carbocycles. The fourth-order valence-electron chi connectivity index (χ4n) is 2.90. The first-order valence-electron chi connectivity index (χ1n) is 8.48. The van der Waals surface area contributed by atoms with Crippen LogP contribution in [-0.4, -0.2) is 28.0 Å². The summed E-state index contributed by atoms with van der Waals surface area (Å²) in [6, 6.07) is 8.73. The summed E-state index contributed by atoms with van der Waals surface area (Å²) in [5, 5.41) is 0. The molecule has 2 aromatic rings. The van der Waals surface area contributed by atoms with Gasteiger partial charge in [-0.15, -0.1) is 0 Å². The molecule has 0 fully saturated rings. The molecule has 1 atom stereocenters. The Hall–Kier alpha value is -1.35. The van der Waals surface area contributed by atoms with Gasteiger partial charge in [0.25, 0.3) is 0 Å². The zero-order chi connectivity index (χ0) is 15.1. The molecule has 1 unspecified atom stereocenters. The number of nitrogens with one attached hydrogen (secondary N) is 1. The molecular weight excluding hydrogens is 258 g/mol. The van der Waals surface area contributed by atoms with E-state index < -0.39 is 0 Å². The Morgan fingerprint density at radius 3 is 2.29 bits per heavy atom. The van der Waals surface area contributed by atoms with Crippen LogP contribution in [0.25, 0.3) is 11.0 Å². The van der Waals surface area contributed by atoms with Crippen LogP contribution in [0.3, 0.4) is 0 Å². The Balaban J connectivity index is 2.20. The molecule has 0 bridgehead atoms. The van der Waals surface area contributed by atoms with Crippen LogP contribution in [0.1, 0.15) is 64.7 Å². The molecule has 3 heteroatoms. The highest BCUT2D eigenvalue weighted by atomic mass is 15.2. The van der Waals surface area contributed by atoms with E-state index in [1.54, 1.807) is 0 Å². The van der Waals surface area contributed by atoms with Crippen LogP contribution in [-0.2, 0) is 0 Å². The number of hydrogen-bond donors (Lipinski definition) is 1. The predicted molar refractivity (Wildman–Crippen MR) is 90.5 cm³/mol. The van der Waals surface area contributed by atoms with Crippen molar-refractivity contribution >= 4 is 11.0 Å². The minimum atomic E-state index is 0.412. The lowest BCUT2D eigenvalue weighted by Crippen LogP contribution is -2.31. The first-order chi connectivity index (χ1) is 10.3. The Bertz CT molecular complexity index is 491. The van der Waals surface area contributed by atoms with Crippen LogP contribution in [0.15, 0.2) is 24.3 Å². The van der Waals surface area contributed by atoms with E-state index in [4.69, 9.17) is 4.98 Å². The quantitative estimate of drug-likeness (QED) is 0.710. The average molecular weight is 287 g/mol. The number of para-hydroxylation sites is 2. The van der Waals surface area contributed by atoms with Gasteiger partial charge in [-0.05, 0) is 44.5 Å². The SMILES string of the molecule is CCCCN(CCCC)C(CC)c1nc2ccccc2[nH]1. The van der Waals surface area contributed by atoms with Crippen molar-refractivity contribution in [2.45, 2.75) is 58.9 Å². The smallest absolute Gasteiger partial charge is 0.124 e. The molecular formula is C18H29N3. The topological polar surface area (TPSA) is 31.9 Å². The second kappa shape index (κ2) is 8.18. The highest BCUT2D eigenvalue weighted by Crippen LogP contribution is 2.25. The zero-order valence-electron chi connectivity index (χ0n) is 13.7. The highest BCUT2D eigenvalue weighted by molar-refractivity contribution is 5.74. The minimum absolute atomic E-state index is 0.412. The maximum absolute atomic E-state index is 4.82. The molecule has 1 heterocycles. The number of unbranched alkanes of at least 4 members (excludes halogenated alkanes) is 2. The number of imidazole rings is 1. The van der Waals surface area contributed by atoms with Crippen LogP contribution < -0.4 is 0 Å². The molecule has 0 aliphatic rings. The summed E-state index contributed by atoms with van der Waals surface area (Å²) >= 11 is 0. The van der Waals surface area contributed by atoms with Crippen molar-refractivity contribution in [2.24, 2.45) is 0 Å². The van der Waals surface area contributed by atoms with Crippen molar-refractivity contribution in [1.29, 1.82) is 0 Å². The summed E-state index contributed by atoms with van der Waals surface area (Å²) in [6.45, 7) is 9.14. The molecule has 0 saturated heterocycles. The van der Waals surface area contributed by atoms with E-state index in [-0.39, 0.29) is 0 Å². The molecule has 21 heavy (non-hydrogen) atoms. The predicted octanol–water partition coefficient (Wildman–Crippen LogP) is 4.92. The third kappa shape index (κ3) is 4.07. The lowest BCUT2D eigenvalue weighted by atomic mass is 10.1. The molecule has 1 N–H and O–H groups in total. The van der Waals surface area contributed by atoms with E-state index >= 15 is 0 Å². The summed E-state index contributed by atoms with van der Waals surface area (Å²) in [5.74, 6) is 1.13. The normalized spacial score (nSPS) is 13.1. The van der Waals surface area contributed by atoms with E-state index in [9.17, 15) is 0 Å². The zero-order valence-corrected chi connectivity index (χ0v) is 13.7. The van der Waals surface area contributed by atoms with Crippen LogP contribution in [0.5, 0.6) is 0 Å². The molecule has 1 aromatic heterocycles. The van der Waals surface area contributed by atoms with Gasteiger partial charge in [-0.25, -0.2) is 4.98 Å². The third-order valence-corrected chi connectivity index (χ3v) is 4.15. The number of hydrogen-bond acceptors (Lipinski definition) is 2. The van der Waals surface area contributed by atoms with Crippen molar-refractivity contribution in [1.82, 2.24) is 14.9 Å². The van der Waals surface area contributed by atoms with E-state index in [1.807, 2.05) is 0 Å². The lowest BCUT2D eigenvalue weighted by Gasteiger charge is -2.29. The number of nitrogens with zero attached hydrogens (tertiary/aromatic N) is 2. The van der Waals surface area contributed by atoms with Gasteiger partial charge in [-0.3, -0.25) is 4.90 Å². The molecule has 116 valence electrons. The van der Waals surface area contributed by atoms with Crippen LogP contribution in [0.2, 0.25) is 0 Å². The monoisotopic (exact) mass is 287 g/mol. The Labute approximate surface area is 128 Å². The maximum Gasteiger partial charge on any atom is 0.124 e. The van der Waals surface area contributed by atoms with Crippen molar-refractivity contribution in [3.8, 4) is 0 Å². The summed E-state index contributed by atoms with van der Waals surface area (Å²) in [7, 11) is 0. The van der Waals surface area contributed by atoms with Crippen molar-refractivity contribution < 1.29 is 0 Å². The maximum atomic E-state index is 4.82. The molecule has 3 nitrogen and oxygen atoms in total. The number of aromatic amines is 1. The van der Waals surface area contributed by atoms with Gasteiger partial charge in [0, 0.05) is 0 Å². The lowest BCUT2D eigenvalue weighted by molar-refractivity contribution is 0.180. The average Bonchev–Trinajstić information content (AvgIpc) is 2.93. The largest absolute Gasteiger partial charge is 0.341 e. The summed E-state index contributed by atoms with van der Waals surface area (Å²) in [5.41, 5.74) is 2.23. The van der Waals surface area contributed by atoms with Gasteiger partial charge in [0.15, 0.2) is 0 Å². The number of H-pyrrole nitrogens is 1. The fourth-order valence-corrected chi connectivity index (χ4v) is 2.90. The van der Waals surface area contributed by atoms with Gasteiger partial charge in [0.1, 0.15) is 5.82 Å². The molecule has 0 aliphatic heterocycles. The second-order valence-corrected chi connectivity index (χ2v) is 5.81. The van der Waals surface area contributed by atoms with E-state index in [0.29, 0.717) is 6.04 Å². The van der Waals surface area contributed by atoms with Gasteiger partial charge in [0.05, 0.1) is 17.1 Å². The van der Waals surface area contributed by atoms with E-state index in [1.165, 1.54) is 38.8 Å². The van der Waals surface area contributed by atoms with Crippen molar-refractivity contribution in [3.63, 3.8) is 0 Å². The number of benzene rings is 1. The van der Waals surface area contributed by atoms with E-state index in [0.717, 1.165) is 23.3 Å². The van der Waals surface area contributed by atoms with Gasteiger partial charge in [-0.2, -0.15) is 0 Å². The summed E-state index contributed by atoms with van der Waals surface area (Å²) < 4.78 is 0. The standard InChI is InChI=1S/C18H29N3/c1-4-7-13-21(14-8-5-2)17(6-3)18-19-15-11-9-10-12-16(15)20-18/h9-12,17H,4-8,13-14H2,1-3H3,(H,19,20). The molecule has 0 aliphatic carbocycles. The number of fused-ring (bicyclic) bond motifs is 1. The molecule has 0 amide bonds. The molecule has 0 saturated carbocycles. The summed E-state index contributed by atoms with van der Waals surface area (Å²) in [4.78, 5) is 11.0. The molecule has 0 spiro atoms.